The first kappa shape index (κ1) is 13.4. The maximum Gasteiger partial charge on any atom is 0.337 e. The predicted octanol–water partition coefficient (Wildman–Crippen LogP) is 2.17. The number of ether oxygens (including phenoxy) is 1. The molecule has 4 nitrogen and oxygen atoms in total. The van der Waals surface area contributed by atoms with E-state index in [4.69, 9.17) is 12.2 Å². The first-order valence-corrected chi connectivity index (χ1v) is 5.69. The normalized spacial score (nSPS) is 9.88. The van der Waals surface area contributed by atoms with Crippen molar-refractivity contribution in [1.82, 2.24) is 5.32 Å². The lowest BCUT2D eigenvalue weighted by Gasteiger charge is -2.13. The molecule has 0 unspecified atom stereocenters. The van der Waals surface area contributed by atoms with Gasteiger partial charge >= 0.3 is 5.97 Å². The van der Waals surface area contributed by atoms with Crippen LogP contribution in [-0.4, -0.2) is 24.2 Å². The highest BCUT2D eigenvalue weighted by molar-refractivity contribution is 7.80. The highest BCUT2D eigenvalue weighted by Crippen LogP contribution is 2.10. The fourth-order valence-corrected chi connectivity index (χ4v) is 1.59. The van der Waals surface area contributed by atoms with Gasteiger partial charge < -0.3 is 15.4 Å². The van der Waals surface area contributed by atoms with Crippen LogP contribution in [0.3, 0.4) is 0 Å². The smallest absolute Gasteiger partial charge is 0.337 e. The Morgan fingerprint density at radius 2 is 1.88 bits per heavy atom. The molecule has 92 valence electrons. The van der Waals surface area contributed by atoms with Gasteiger partial charge in [0.2, 0.25) is 0 Å². The molecule has 0 aliphatic rings. The van der Waals surface area contributed by atoms with Crippen LogP contribution in [-0.2, 0) is 4.74 Å². The summed E-state index contributed by atoms with van der Waals surface area (Å²) in [5, 5.41) is 6.66. The lowest BCUT2D eigenvalue weighted by atomic mass is 10.2. The van der Waals surface area contributed by atoms with Gasteiger partial charge in [0.1, 0.15) is 0 Å². The molecule has 0 fully saturated rings. The summed E-state index contributed by atoms with van der Waals surface area (Å²) in [6.07, 6.45) is 0. The largest absolute Gasteiger partial charge is 0.465 e. The zero-order chi connectivity index (χ0) is 12.8. The first-order chi connectivity index (χ1) is 8.02. The zero-order valence-electron chi connectivity index (χ0n) is 10.1. The van der Waals surface area contributed by atoms with Crippen molar-refractivity contribution in [3.05, 3.63) is 29.8 Å². The number of anilines is 1. The predicted molar refractivity (Wildman–Crippen MR) is 72.3 cm³/mol. The summed E-state index contributed by atoms with van der Waals surface area (Å²) in [7, 11) is 1.36. The molecule has 0 bridgehead atoms. The first-order valence-electron chi connectivity index (χ1n) is 5.29. The molecule has 1 aromatic rings. The number of hydrogen-bond donors (Lipinski definition) is 2. The average molecular weight is 252 g/mol. The van der Waals surface area contributed by atoms with Crippen molar-refractivity contribution >= 4 is 29.0 Å². The lowest BCUT2D eigenvalue weighted by Crippen LogP contribution is -2.33. The number of methoxy groups -OCH3 is 1. The minimum absolute atomic E-state index is 0.282. The van der Waals surface area contributed by atoms with Crippen molar-refractivity contribution in [3.63, 3.8) is 0 Å². The third-order valence-electron chi connectivity index (χ3n) is 1.98. The van der Waals surface area contributed by atoms with Gasteiger partial charge in [-0.15, -0.1) is 0 Å². The van der Waals surface area contributed by atoms with E-state index in [9.17, 15) is 4.79 Å². The molecule has 0 aliphatic heterocycles. The van der Waals surface area contributed by atoms with Gasteiger partial charge in [-0.05, 0) is 50.3 Å². The third kappa shape index (κ3) is 4.40. The summed E-state index contributed by atoms with van der Waals surface area (Å²) >= 11 is 5.11. The quantitative estimate of drug-likeness (QED) is 0.638. The van der Waals surface area contributed by atoms with Crippen LogP contribution in [0.2, 0.25) is 0 Å². The molecule has 2 N–H and O–H groups in total. The molecule has 0 heterocycles. The standard InChI is InChI=1S/C12H16N2O2S/c1-8(2)13-12(17)14-10-6-4-9(5-7-10)11(15)16-3/h4-8H,1-3H3,(H2,13,14,17). The van der Waals surface area contributed by atoms with E-state index in [0.717, 1.165) is 5.69 Å². The Bertz CT molecular complexity index is 401. The van der Waals surface area contributed by atoms with E-state index in [0.29, 0.717) is 10.7 Å². The molecule has 0 spiro atoms. The van der Waals surface area contributed by atoms with Gasteiger partial charge in [0, 0.05) is 11.7 Å². The Balaban J connectivity index is 2.62. The van der Waals surface area contributed by atoms with Crippen molar-refractivity contribution in [2.45, 2.75) is 19.9 Å². The monoisotopic (exact) mass is 252 g/mol. The van der Waals surface area contributed by atoms with E-state index in [-0.39, 0.29) is 12.0 Å². The summed E-state index contributed by atoms with van der Waals surface area (Å²) in [6.45, 7) is 4.02. The lowest BCUT2D eigenvalue weighted by molar-refractivity contribution is 0.0601. The van der Waals surface area contributed by atoms with Crippen LogP contribution in [0.5, 0.6) is 0 Å². The number of nitrogens with one attached hydrogen (secondary N) is 2. The molecular weight excluding hydrogens is 236 g/mol. The van der Waals surface area contributed by atoms with E-state index in [1.54, 1.807) is 24.3 Å². The molecule has 1 aromatic carbocycles. The van der Waals surface area contributed by atoms with Gasteiger partial charge in [0.05, 0.1) is 12.7 Å². The second-order valence-corrected chi connectivity index (χ2v) is 4.23. The van der Waals surface area contributed by atoms with Crippen LogP contribution < -0.4 is 10.6 Å². The number of rotatable bonds is 3. The van der Waals surface area contributed by atoms with Crippen molar-refractivity contribution in [3.8, 4) is 0 Å². The van der Waals surface area contributed by atoms with Crippen molar-refractivity contribution in [2.75, 3.05) is 12.4 Å². The Morgan fingerprint density at radius 1 is 1.29 bits per heavy atom. The second-order valence-electron chi connectivity index (χ2n) is 3.82. The van der Waals surface area contributed by atoms with Crippen LogP contribution in [0.4, 0.5) is 5.69 Å². The molecule has 0 amide bonds. The second kappa shape index (κ2) is 6.20. The van der Waals surface area contributed by atoms with Crippen LogP contribution >= 0.6 is 12.2 Å². The molecule has 1 rings (SSSR count). The van der Waals surface area contributed by atoms with Gasteiger partial charge in [0.25, 0.3) is 0 Å². The summed E-state index contributed by atoms with van der Waals surface area (Å²) in [4.78, 5) is 11.2. The minimum atomic E-state index is -0.348. The fourth-order valence-electron chi connectivity index (χ4n) is 1.24. The van der Waals surface area contributed by atoms with Crippen molar-refractivity contribution < 1.29 is 9.53 Å². The summed E-state index contributed by atoms with van der Waals surface area (Å²) in [5.74, 6) is -0.348. The zero-order valence-corrected chi connectivity index (χ0v) is 10.9. The SMILES string of the molecule is COC(=O)c1ccc(NC(=S)NC(C)C)cc1. The highest BCUT2D eigenvalue weighted by Gasteiger charge is 2.05. The van der Waals surface area contributed by atoms with Crippen LogP contribution in [0.25, 0.3) is 0 Å². The van der Waals surface area contributed by atoms with E-state index in [2.05, 4.69) is 15.4 Å². The minimum Gasteiger partial charge on any atom is -0.465 e. The number of esters is 1. The third-order valence-corrected chi connectivity index (χ3v) is 2.20. The number of carbonyl (C=O) groups is 1. The summed E-state index contributed by atoms with van der Waals surface area (Å²) < 4.78 is 4.61. The van der Waals surface area contributed by atoms with Crippen molar-refractivity contribution in [2.24, 2.45) is 0 Å². The molecule has 17 heavy (non-hydrogen) atoms. The molecular formula is C12H16N2O2S. The Hall–Kier alpha value is -1.62. The number of hydrogen-bond acceptors (Lipinski definition) is 3. The van der Waals surface area contributed by atoms with Crippen LogP contribution in [0.1, 0.15) is 24.2 Å². The average Bonchev–Trinajstić information content (AvgIpc) is 2.28. The molecule has 0 saturated heterocycles. The molecule has 0 atom stereocenters. The molecule has 0 aliphatic carbocycles. The topological polar surface area (TPSA) is 50.4 Å². The molecule has 0 aromatic heterocycles. The van der Waals surface area contributed by atoms with E-state index < -0.39 is 0 Å². The maximum absolute atomic E-state index is 11.2. The van der Waals surface area contributed by atoms with Crippen molar-refractivity contribution in [1.29, 1.82) is 0 Å². The number of thiocarbonyl (C=S) groups is 1. The van der Waals surface area contributed by atoms with Gasteiger partial charge in [-0.3, -0.25) is 0 Å². The Kier molecular flexibility index (Phi) is 4.90. The van der Waals surface area contributed by atoms with Gasteiger partial charge in [-0.25, -0.2) is 4.79 Å². The van der Waals surface area contributed by atoms with E-state index in [1.165, 1.54) is 7.11 Å². The molecule has 5 heteroatoms. The van der Waals surface area contributed by atoms with E-state index >= 15 is 0 Å². The van der Waals surface area contributed by atoms with Gasteiger partial charge in [-0.2, -0.15) is 0 Å². The number of benzene rings is 1. The molecule has 0 radical (unpaired) electrons. The summed E-state index contributed by atoms with van der Waals surface area (Å²) in [5.41, 5.74) is 1.34. The fraction of sp³-hybridized carbons (Fsp3) is 0.333. The van der Waals surface area contributed by atoms with Gasteiger partial charge in [0.15, 0.2) is 5.11 Å². The molecule has 0 saturated carbocycles. The van der Waals surface area contributed by atoms with Gasteiger partial charge in [-0.1, -0.05) is 0 Å². The maximum atomic E-state index is 11.2. The number of carbonyl (C=O) groups excluding carboxylic acids is 1. The Labute approximate surface area is 106 Å². The summed E-state index contributed by atoms with van der Waals surface area (Å²) in [6, 6.07) is 7.21. The van der Waals surface area contributed by atoms with Crippen LogP contribution in [0.15, 0.2) is 24.3 Å². The van der Waals surface area contributed by atoms with E-state index in [1.807, 2.05) is 13.8 Å². The Morgan fingerprint density at radius 3 is 2.35 bits per heavy atom. The van der Waals surface area contributed by atoms with Crippen LogP contribution in [0, 0.1) is 0 Å². The highest BCUT2D eigenvalue weighted by atomic mass is 32.1.